The van der Waals surface area contributed by atoms with E-state index in [0.717, 1.165) is 5.56 Å². The summed E-state index contributed by atoms with van der Waals surface area (Å²) in [5, 5.41) is 29.8. The lowest BCUT2D eigenvalue weighted by Gasteiger charge is -2.17. The first-order valence-corrected chi connectivity index (χ1v) is 7.93. The fourth-order valence-corrected chi connectivity index (χ4v) is 2.75. The normalized spacial score (nSPS) is 10.9. The molecule has 0 spiro atoms. The first-order valence-electron chi connectivity index (χ1n) is 7.93. The first-order chi connectivity index (χ1) is 12.6. The number of benzene rings is 2. The van der Waals surface area contributed by atoms with Gasteiger partial charge in [-0.2, -0.15) is 10.5 Å². The Bertz CT molecular complexity index is 859. The van der Waals surface area contributed by atoms with Crippen LogP contribution >= 0.6 is 0 Å². The van der Waals surface area contributed by atoms with Gasteiger partial charge in [-0.1, -0.05) is 42.5 Å². The van der Waals surface area contributed by atoms with Crippen molar-refractivity contribution in [1.82, 2.24) is 0 Å². The molecule has 0 heterocycles. The molecule has 2 aromatic rings. The van der Waals surface area contributed by atoms with E-state index in [9.17, 15) is 20.6 Å². The molecule has 1 unspecified atom stereocenters. The molecule has 6 heteroatoms. The zero-order valence-corrected chi connectivity index (χ0v) is 14.3. The minimum atomic E-state index is -0.470. The molecule has 2 aromatic carbocycles. The fraction of sp³-hybridized carbons (Fsp3) is 0.200. The van der Waals surface area contributed by atoms with Crippen molar-refractivity contribution in [3.63, 3.8) is 0 Å². The van der Waals surface area contributed by atoms with Crippen molar-refractivity contribution in [3.8, 4) is 17.9 Å². The van der Waals surface area contributed by atoms with Crippen molar-refractivity contribution in [1.29, 1.82) is 10.5 Å². The predicted molar refractivity (Wildman–Crippen MR) is 96.8 cm³/mol. The Morgan fingerprint density at radius 1 is 1.12 bits per heavy atom. The molecule has 0 saturated heterocycles. The molecule has 0 bridgehead atoms. The van der Waals surface area contributed by atoms with E-state index in [1.54, 1.807) is 55.6 Å². The highest BCUT2D eigenvalue weighted by Crippen LogP contribution is 2.32. The topological polar surface area (TPSA) is 99.9 Å². The summed E-state index contributed by atoms with van der Waals surface area (Å²) in [6.45, 7) is -0.299. The lowest BCUT2D eigenvalue weighted by molar-refractivity contribution is -0.483. The second kappa shape index (κ2) is 9.00. The van der Waals surface area contributed by atoms with Crippen LogP contribution in [0.4, 0.5) is 0 Å². The zero-order valence-electron chi connectivity index (χ0n) is 14.3. The van der Waals surface area contributed by atoms with Crippen LogP contribution in [0.5, 0.6) is 5.75 Å². The summed E-state index contributed by atoms with van der Waals surface area (Å²) in [6, 6.07) is 19.9. The van der Waals surface area contributed by atoms with E-state index >= 15 is 0 Å². The number of nitro groups is 1. The maximum atomic E-state index is 11.2. The molecule has 0 N–H and O–H groups in total. The largest absolute Gasteiger partial charge is 0.497 e. The van der Waals surface area contributed by atoms with E-state index in [1.165, 1.54) is 0 Å². The van der Waals surface area contributed by atoms with Gasteiger partial charge in [0, 0.05) is 4.92 Å². The first kappa shape index (κ1) is 18.7. The number of nitrogens with zero attached hydrogens (tertiary/aromatic N) is 3. The van der Waals surface area contributed by atoms with Gasteiger partial charge in [0.2, 0.25) is 6.54 Å². The van der Waals surface area contributed by atoms with Gasteiger partial charge in [0.1, 0.15) is 23.5 Å². The molecule has 0 aliphatic rings. The number of nitriles is 2. The smallest absolute Gasteiger partial charge is 0.211 e. The highest BCUT2D eigenvalue weighted by Gasteiger charge is 2.22. The van der Waals surface area contributed by atoms with Gasteiger partial charge < -0.3 is 4.74 Å². The maximum absolute atomic E-state index is 11.2. The second-order valence-corrected chi connectivity index (χ2v) is 5.63. The predicted octanol–water partition coefficient (Wildman–Crippen LogP) is 3.95. The quantitative estimate of drug-likeness (QED) is 0.429. The van der Waals surface area contributed by atoms with Crippen LogP contribution in [0.1, 0.15) is 23.5 Å². The van der Waals surface area contributed by atoms with Crippen LogP contribution in [0.2, 0.25) is 0 Å². The standard InChI is InChI=1S/C20H17N3O3/c1-26-19-9-7-15(8-10-19)17(14-23(24)25)11-20(18(12-21)13-22)16-5-3-2-4-6-16/h2-10,17H,11,14H2,1H3. The molecule has 130 valence electrons. The molecule has 0 aliphatic heterocycles. The van der Waals surface area contributed by atoms with Gasteiger partial charge in [0.25, 0.3) is 0 Å². The molecule has 0 fully saturated rings. The Morgan fingerprint density at radius 3 is 2.23 bits per heavy atom. The minimum Gasteiger partial charge on any atom is -0.497 e. The van der Waals surface area contributed by atoms with Gasteiger partial charge in [0.15, 0.2) is 0 Å². The van der Waals surface area contributed by atoms with Crippen molar-refractivity contribution < 1.29 is 9.66 Å². The third-order valence-corrected chi connectivity index (χ3v) is 4.05. The molecule has 2 rings (SSSR count). The van der Waals surface area contributed by atoms with Crippen molar-refractivity contribution >= 4 is 5.57 Å². The van der Waals surface area contributed by atoms with E-state index in [0.29, 0.717) is 16.9 Å². The molecule has 0 aliphatic carbocycles. The highest BCUT2D eigenvalue weighted by molar-refractivity contribution is 5.75. The fourth-order valence-electron chi connectivity index (χ4n) is 2.75. The molecule has 0 radical (unpaired) electrons. The molecular weight excluding hydrogens is 330 g/mol. The third-order valence-electron chi connectivity index (χ3n) is 4.05. The van der Waals surface area contributed by atoms with Crippen molar-refractivity contribution in [2.75, 3.05) is 13.7 Å². The number of methoxy groups -OCH3 is 1. The number of ether oxygens (including phenoxy) is 1. The minimum absolute atomic E-state index is 0.0296. The average Bonchev–Trinajstić information content (AvgIpc) is 2.67. The lowest BCUT2D eigenvalue weighted by atomic mass is 9.87. The zero-order chi connectivity index (χ0) is 18.9. The second-order valence-electron chi connectivity index (χ2n) is 5.63. The summed E-state index contributed by atoms with van der Waals surface area (Å²) in [5.41, 5.74) is 1.95. The van der Waals surface area contributed by atoms with E-state index in [2.05, 4.69) is 0 Å². The van der Waals surface area contributed by atoms with E-state index in [-0.39, 0.29) is 23.5 Å². The monoisotopic (exact) mass is 347 g/mol. The Hall–Kier alpha value is -3.64. The summed E-state index contributed by atoms with van der Waals surface area (Å²) in [5.74, 6) is 0.185. The van der Waals surface area contributed by atoms with E-state index < -0.39 is 5.92 Å². The van der Waals surface area contributed by atoms with Gasteiger partial charge in [-0.25, -0.2) is 0 Å². The van der Waals surface area contributed by atoms with Crippen LogP contribution < -0.4 is 4.74 Å². The van der Waals surface area contributed by atoms with Crippen molar-refractivity contribution in [2.24, 2.45) is 0 Å². The summed E-state index contributed by atoms with van der Waals surface area (Å²) in [7, 11) is 1.55. The Balaban J connectivity index is 2.46. The van der Waals surface area contributed by atoms with Gasteiger partial charge in [0.05, 0.1) is 13.0 Å². The Labute approximate surface area is 151 Å². The Morgan fingerprint density at radius 2 is 1.73 bits per heavy atom. The molecule has 1 atom stereocenters. The van der Waals surface area contributed by atoms with E-state index in [1.807, 2.05) is 18.2 Å². The maximum Gasteiger partial charge on any atom is 0.211 e. The summed E-state index contributed by atoms with van der Waals surface area (Å²) >= 11 is 0. The van der Waals surface area contributed by atoms with Gasteiger partial charge >= 0.3 is 0 Å². The summed E-state index contributed by atoms with van der Waals surface area (Å²) in [6.07, 6.45) is 0.216. The molecular formula is C20H17N3O3. The SMILES string of the molecule is COc1ccc(C(CC(=C(C#N)C#N)c2ccccc2)C[N+](=O)[O-])cc1. The summed E-state index contributed by atoms with van der Waals surface area (Å²) < 4.78 is 5.12. The van der Waals surface area contributed by atoms with Crippen LogP contribution in [0.3, 0.4) is 0 Å². The molecule has 0 amide bonds. The number of hydrogen-bond donors (Lipinski definition) is 0. The number of hydrogen-bond acceptors (Lipinski definition) is 5. The van der Waals surface area contributed by atoms with Crippen molar-refractivity contribution in [2.45, 2.75) is 12.3 Å². The molecule has 0 saturated carbocycles. The van der Waals surface area contributed by atoms with Gasteiger partial charge in [-0.05, 0) is 35.3 Å². The highest BCUT2D eigenvalue weighted by atomic mass is 16.6. The molecule has 6 nitrogen and oxygen atoms in total. The molecule has 0 aromatic heterocycles. The Kier molecular flexibility index (Phi) is 6.47. The third kappa shape index (κ3) is 4.68. The summed E-state index contributed by atoms with van der Waals surface area (Å²) in [4.78, 5) is 10.8. The van der Waals surface area contributed by atoms with Gasteiger partial charge in [-0.3, -0.25) is 10.1 Å². The van der Waals surface area contributed by atoms with Crippen LogP contribution in [0, 0.1) is 32.8 Å². The van der Waals surface area contributed by atoms with Crippen LogP contribution in [-0.2, 0) is 0 Å². The number of allylic oxidation sites excluding steroid dienone is 2. The number of rotatable bonds is 7. The molecule has 26 heavy (non-hydrogen) atoms. The van der Waals surface area contributed by atoms with E-state index in [4.69, 9.17) is 4.74 Å². The van der Waals surface area contributed by atoms with Gasteiger partial charge in [-0.15, -0.1) is 0 Å². The van der Waals surface area contributed by atoms with Crippen LogP contribution in [-0.4, -0.2) is 18.6 Å². The lowest BCUT2D eigenvalue weighted by Crippen LogP contribution is -2.14. The van der Waals surface area contributed by atoms with Crippen molar-refractivity contribution in [3.05, 3.63) is 81.4 Å². The van der Waals surface area contributed by atoms with Crippen LogP contribution in [0.15, 0.2) is 60.2 Å². The van der Waals surface area contributed by atoms with Crippen LogP contribution in [0.25, 0.3) is 5.57 Å². The average molecular weight is 347 g/mol.